The van der Waals surface area contributed by atoms with E-state index < -0.39 is 0 Å². The van der Waals surface area contributed by atoms with Gasteiger partial charge >= 0.3 is 0 Å². The van der Waals surface area contributed by atoms with Crippen molar-refractivity contribution in [2.75, 3.05) is 11.9 Å². The first-order valence-electron chi connectivity index (χ1n) is 7.78. The van der Waals surface area contributed by atoms with Crippen LogP contribution in [0.5, 0.6) is 0 Å². The summed E-state index contributed by atoms with van der Waals surface area (Å²) >= 11 is 0. The molecule has 2 saturated carbocycles. The first-order valence-corrected chi connectivity index (χ1v) is 7.78. The third-order valence-electron chi connectivity index (χ3n) is 4.93. The van der Waals surface area contributed by atoms with Crippen molar-refractivity contribution in [2.45, 2.75) is 39.2 Å². The molecule has 20 heavy (non-hydrogen) atoms. The minimum absolute atomic E-state index is 0.00875. The van der Waals surface area contributed by atoms with Crippen molar-refractivity contribution in [1.82, 2.24) is 5.32 Å². The van der Waals surface area contributed by atoms with Gasteiger partial charge in [0.1, 0.15) is 0 Å². The Kier molecular flexibility index (Phi) is 4.06. The summed E-state index contributed by atoms with van der Waals surface area (Å²) in [5.41, 5.74) is 2.10. The Balaban J connectivity index is 1.52. The molecule has 2 bridgehead atoms. The monoisotopic (exact) mass is 272 g/mol. The maximum absolute atomic E-state index is 11.2. The zero-order valence-corrected chi connectivity index (χ0v) is 12.2. The predicted octanol–water partition coefficient (Wildman–Crippen LogP) is 3.17. The molecule has 2 aliphatic carbocycles. The van der Waals surface area contributed by atoms with Gasteiger partial charge in [0.2, 0.25) is 5.91 Å². The lowest BCUT2D eigenvalue weighted by atomic mass is 9.89. The fourth-order valence-electron chi connectivity index (χ4n) is 4.00. The zero-order chi connectivity index (χ0) is 13.9. The Morgan fingerprint density at radius 1 is 1.25 bits per heavy atom. The van der Waals surface area contributed by atoms with E-state index in [4.69, 9.17) is 0 Å². The Morgan fingerprint density at radius 3 is 2.80 bits per heavy atom. The van der Waals surface area contributed by atoms with Crippen molar-refractivity contribution < 1.29 is 4.79 Å². The van der Waals surface area contributed by atoms with Crippen LogP contribution in [-0.2, 0) is 11.3 Å². The summed E-state index contributed by atoms with van der Waals surface area (Å²) in [4.78, 5) is 11.2. The van der Waals surface area contributed by atoms with Gasteiger partial charge < -0.3 is 10.6 Å². The molecule has 0 aliphatic heterocycles. The molecule has 2 aliphatic rings. The minimum Gasteiger partial charge on any atom is -0.326 e. The van der Waals surface area contributed by atoms with Gasteiger partial charge in [0.15, 0.2) is 0 Å². The average Bonchev–Trinajstić information content (AvgIpc) is 3.02. The summed E-state index contributed by atoms with van der Waals surface area (Å²) < 4.78 is 0. The van der Waals surface area contributed by atoms with Gasteiger partial charge in [-0.1, -0.05) is 24.6 Å². The van der Waals surface area contributed by atoms with Crippen molar-refractivity contribution in [3.63, 3.8) is 0 Å². The van der Waals surface area contributed by atoms with Gasteiger partial charge in [-0.25, -0.2) is 0 Å². The number of anilines is 1. The van der Waals surface area contributed by atoms with Gasteiger partial charge in [0, 0.05) is 19.2 Å². The lowest BCUT2D eigenvalue weighted by Gasteiger charge is -2.22. The van der Waals surface area contributed by atoms with Gasteiger partial charge in [-0.05, 0) is 55.2 Å². The summed E-state index contributed by atoms with van der Waals surface area (Å²) in [5.74, 6) is 2.85. The van der Waals surface area contributed by atoms with Crippen LogP contribution in [0.2, 0.25) is 0 Å². The number of nitrogens with one attached hydrogen (secondary N) is 2. The van der Waals surface area contributed by atoms with Crippen LogP contribution in [0.1, 0.15) is 38.2 Å². The Labute approximate surface area is 121 Å². The number of para-hydroxylation sites is 1. The van der Waals surface area contributed by atoms with Crippen LogP contribution < -0.4 is 10.6 Å². The normalized spacial score (nSPS) is 27.8. The molecule has 1 amide bonds. The Hall–Kier alpha value is -1.35. The molecule has 0 aromatic heterocycles. The molecule has 0 heterocycles. The number of carbonyl (C=O) groups excluding carboxylic acids is 1. The SMILES string of the molecule is CC(=O)Nc1ccccc1CNCC1CC2CCC1C2. The molecule has 0 radical (unpaired) electrons. The highest BCUT2D eigenvalue weighted by Crippen LogP contribution is 2.47. The Morgan fingerprint density at radius 2 is 2.10 bits per heavy atom. The lowest BCUT2D eigenvalue weighted by molar-refractivity contribution is -0.114. The molecule has 3 rings (SSSR count). The van der Waals surface area contributed by atoms with E-state index >= 15 is 0 Å². The van der Waals surface area contributed by atoms with E-state index in [0.717, 1.165) is 36.5 Å². The molecule has 3 nitrogen and oxygen atoms in total. The quantitative estimate of drug-likeness (QED) is 0.864. The number of amides is 1. The van der Waals surface area contributed by atoms with Gasteiger partial charge in [0.25, 0.3) is 0 Å². The molecule has 1 aromatic carbocycles. The van der Waals surface area contributed by atoms with Gasteiger partial charge in [-0.3, -0.25) is 4.79 Å². The van der Waals surface area contributed by atoms with Crippen LogP contribution in [0.4, 0.5) is 5.69 Å². The number of benzene rings is 1. The maximum Gasteiger partial charge on any atom is 0.221 e. The summed E-state index contributed by atoms with van der Waals surface area (Å²) in [6.07, 6.45) is 5.80. The van der Waals surface area contributed by atoms with E-state index in [-0.39, 0.29) is 5.91 Å². The largest absolute Gasteiger partial charge is 0.326 e. The number of hydrogen-bond donors (Lipinski definition) is 2. The van der Waals surface area contributed by atoms with Crippen molar-refractivity contribution in [3.05, 3.63) is 29.8 Å². The van der Waals surface area contributed by atoms with Crippen molar-refractivity contribution >= 4 is 11.6 Å². The van der Waals surface area contributed by atoms with Crippen molar-refractivity contribution in [3.8, 4) is 0 Å². The third kappa shape index (κ3) is 3.04. The van der Waals surface area contributed by atoms with Crippen molar-refractivity contribution in [1.29, 1.82) is 0 Å². The van der Waals surface area contributed by atoms with E-state index in [1.54, 1.807) is 6.92 Å². The van der Waals surface area contributed by atoms with E-state index in [1.165, 1.54) is 31.2 Å². The van der Waals surface area contributed by atoms with Crippen LogP contribution in [0, 0.1) is 17.8 Å². The molecule has 3 unspecified atom stereocenters. The molecule has 1 aromatic rings. The second-order valence-electron chi connectivity index (χ2n) is 6.40. The Bertz CT molecular complexity index is 486. The molecule has 3 heteroatoms. The average molecular weight is 272 g/mol. The summed E-state index contributed by atoms with van der Waals surface area (Å²) in [6.45, 7) is 3.51. The number of rotatable bonds is 5. The lowest BCUT2D eigenvalue weighted by Crippen LogP contribution is -2.26. The molecule has 2 N–H and O–H groups in total. The fraction of sp³-hybridized carbons (Fsp3) is 0.588. The highest BCUT2D eigenvalue weighted by Gasteiger charge is 2.38. The van der Waals surface area contributed by atoms with E-state index in [2.05, 4.69) is 16.7 Å². The van der Waals surface area contributed by atoms with Crippen LogP contribution in [0.15, 0.2) is 24.3 Å². The van der Waals surface area contributed by atoms with E-state index in [1.807, 2.05) is 18.2 Å². The van der Waals surface area contributed by atoms with Gasteiger partial charge in [-0.2, -0.15) is 0 Å². The van der Waals surface area contributed by atoms with Gasteiger partial charge in [0.05, 0.1) is 0 Å². The molecule has 3 atom stereocenters. The topological polar surface area (TPSA) is 41.1 Å². The molecular weight excluding hydrogens is 248 g/mol. The number of fused-ring (bicyclic) bond motifs is 2. The molecule has 2 fully saturated rings. The fourth-order valence-corrected chi connectivity index (χ4v) is 4.00. The second-order valence-corrected chi connectivity index (χ2v) is 6.40. The third-order valence-corrected chi connectivity index (χ3v) is 4.93. The highest BCUT2D eigenvalue weighted by molar-refractivity contribution is 5.89. The van der Waals surface area contributed by atoms with Crippen LogP contribution in [0.3, 0.4) is 0 Å². The summed E-state index contributed by atoms with van der Waals surface area (Å²) in [6, 6.07) is 8.04. The van der Waals surface area contributed by atoms with E-state index in [0.29, 0.717) is 0 Å². The summed E-state index contributed by atoms with van der Waals surface area (Å²) in [5, 5.41) is 6.49. The van der Waals surface area contributed by atoms with E-state index in [9.17, 15) is 4.79 Å². The first kappa shape index (κ1) is 13.6. The zero-order valence-electron chi connectivity index (χ0n) is 12.2. The first-order chi connectivity index (χ1) is 9.72. The molecule has 108 valence electrons. The molecular formula is C17H24N2O. The number of hydrogen-bond acceptors (Lipinski definition) is 2. The van der Waals surface area contributed by atoms with Crippen LogP contribution in [-0.4, -0.2) is 12.5 Å². The van der Waals surface area contributed by atoms with Crippen molar-refractivity contribution in [2.24, 2.45) is 17.8 Å². The standard InChI is InChI=1S/C17H24N2O/c1-12(20)19-17-5-3-2-4-15(17)10-18-11-16-9-13-6-7-14(16)8-13/h2-5,13-14,16,18H,6-11H2,1H3,(H,19,20). The van der Waals surface area contributed by atoms with Crippen LogP contribution in [0.25, 0.3) is 0 Å². The minimum atomic E-state index is -0.00875. The summed E-state index contributed by atoms with van der Waals surface area (Å²) in [7, 11) is 0. The molecule has 0 spiro atoms. The molecule has 0 saturated heterocycles. The second kappa shape index (κ2) is 5.96. The highest BCUT2D eigenvalue weighted by atomic mass is 16.1. The maximum atomic E-state index is 11.2. The smallest absolute Gasteiger partial charge is 0.221 e. The van der Waals surface area contributed by atoms with Crippen LogP contribution >= 0.6 is 0 Å². The number of carbonyl (C=O) groups is 1. The van der Waals surface area contributed by atoms with Gasteiger partial charge in [-0.15, -0.1) is 0 Å². The predicted molar refractivity (Wildman–Crippen MR) is 81.4 cm³/mol.